The number of phenolic OH excluding ortho intramolecular Hbond substituents is 2. The van der Waals surface area contributed by atoms with Gasteiger partial charge in [0.25, 0.3) is 0 Å². The van der Waals surface area contributed by atoms with Crippen LogP contribution in [-0.2, 0) is 11.2 Å². The quantitative estimate of drug-likeness (QED) is 0.200. The van der Waals surface area contributed by atoms with Crippen molar-refractivity contribution in [3.05, 3.63) is 23.8 Å². The molecule has 0 saturated carbocycles. The van der Waals surface area contributed by atoms with Crippen molar-refractivity contribution in [2.75, 3.05) is 6.54 Å². The summed E-state index contributed by atoms with van der Waals surface area (Å²) in [5, 5.41) is 28.0. The van der Waals surface area contributed by atoms with Crippen LogP contribution in [0.25, 0.3) is 0 Å². The van der Waals surface area contributed by atoms with Gasteiger partial charge in [-0.25, -0.2) is 4.79 Å². The minimum Gasteiger partial charge on any atom is -0.508 e. The van der Waals surface area contributed by atoms with Crippen LogP contribution in [0.1, 0.15) is 18.4 Å². The summed E-state index contributed by atoms with van der Waals surface area (Å²) in [6.07, 6.45) is 2.42. The molecule has 8 heteroatoms. The number of nitrogens with two attached hydrogens (primary N) is 2. The molecule has 0 unspecified atom stereocenters. The van der Waals surface area contributed by atoms with Crippen molar-refractivity contribution in [3.63, 3.8) is 0 Å². The van der Waals surface area contributed by atoms with Crippen molar-refractivity contribution in [2.24, 2.45) is 21.5 Å². The molecule has 0 heterocycles. The molecular weight excluding hydrogens is 288 g/mol. The van der Waals surface area contributed by atoms with Crippen molar-refractivity contribution >= 4 is 18.1 Å². The predicted molar refractivity (Wildman–Crippen MR) is 83.3 cm³/mol. The van der Waals surface area contributed by atoms with Gasteiger partial charge < -0.3 is 26.8 Å². The highest BCUT2D eigenvalue weighted by Crippen LogP contribution is 2.21. The molecule has 1 rings (SSSR count). The molecule has 0 aromatic heterocycles. The first-order valence-electron chi connectivity index (χ1n) is 6.71. The molecule has 1 aromatic rings. The Morgan fingerprint density at radius 2 is 2.05 bits per heavy atom. The summed E-state index contributed by atoms with van der Waals surface area (Å²) in [6, 6.07) is 3.23. The summed E-state index contributed by atoms with van der Waals surface area (Å²) in [5.41, 5.74) is 10.8. The highest BCUT2D eigenvalue weighted by molar-refractivity contribution is 5.77. The smallest absolute Gasteiger partial charge is 0.328 e. The van der Waals surface area contributed by atoms with E-state index in [1.165, 1.54) is 24.4 Å². The van der Waals surface area contributed by atoms with Crippen LogP contribution in [0, 0.1) is 0 Å². The van der Waals surface area contributed by atoms with E-state index in [0.717, 1.165) is 0 Å². The summed E-state index contributed by atoms with van der Waals surface area (Å²) in [6.45, 7) is 0.342. The van der Waals surface area contributed by atoms with E-state index in [4.69, 9.17) is 16.6 Å². The van der Waals surface area contributed by atoms with Gasteiger partial charge >= 0.3 is 5.97 Å². The topological polar surface area (TPSA) is 155 Å². The molecule has 0 amide bonds. The van der Waals surface area contributed by atoms with Crippen LogP contribution in [0.3, 0.4) is 0 Å². The van der Waals surface area contributed by atoms with E-state index < -0.39 is 12.0 Å². The third-order valence-corrected chi connectivity index (χ3v) is 2.87. The van der Waals surface area contributed by atoms with Gasteiger partial charge in [-0.3, -0.25) is 9.98 Å². The van der Waals surface area contributed by atoms with Gasteiger partial charge in [-0.1, -0.05) is 0 Å². The van der Waals surface area contributed by atoms with Gasteiger partial charge in [-0.15, -0.1) is 0 Å². The molecule has 0 radical (unpaired) electrons. The molecule has 22 heavy (non-hydrogen) atoms. The fourth-order valence-electron chi connectivity index (χ4n) is 1.77. The maximum atomic E-state index is 11.1. The molecule has 8 nitrogen and oxygen atoms in total. The minimum absolute atomic E-state index is 0.0175. The number of rotatable bonds is 8. The number of hydrogen-bond donors (Lipinski definition) is 5. The number of hydrogen-bond acceptors (Lipinski definition) is 5. The third-order valence-electron chi connectivity index (χ3n) is 2.87. The number of carboxylic acids is 1. The third kappa shape index (κ3) is 6.12. The van der Waals surface area contributed by atoms with Crippen molar-refractivity contribution < 1.29 is 20.1 Å². The first kappa shape index (κ1) is 17.3. The highest BCUT2D eigenvalue weighted by Gasteiger charge is 2.14. The van der Waals surface area contributed by atoms with Crippen LogP contribution >= 0.6 is 0 Å². The van der Waals surface area contributed by atoms with Crippen molar-refractivity contribution in [2.45, 2.75) is 25.3 Å². The van der Waals surface area contributed by atoms with E-state index in [0.29, 0.717) is 24.9 Å². The van der Waals surface area contributed by atoms with Gasteiger partial charge in [0.2, 0.25) is 0 Å². The fourth-order valence-corrected chi connectivity index (χ4v) is 1.77. The normalized spacial score (nSPS) is 12.2. The van der Waals surface area contributed by atoms with E-state index in [2.05, 4.69) is 9.98 Å². The number of aromatic hydroxyl groups is 2. The van der Waals surface area contributed by atoms with E-state index >= 15 is 0 Å². The lowest BCUT2D eigenvalue weighted by Crippen LogP contribution is -2.23. The molecule has 1 atom stereocenters. The maximum Gasteiger partial charge on any atom is 0.328 e. The lowest BCUT2D eigenvalue weighted by atomic mass is 10.1. The molecule has 0 saturated heterocycles. The van der Waals surface area contributed by atoms with Crippen LogP contribution in [0.5, 0.6) is 11.5 Å². The van der Waals surface area contributed by atoms with E-state index in [-0.39, 0.29) is 23.9 Å². The summed E-state index contributed by atoms with van der Waals surface area (Å²) in [7, 11) is 0. The zero-order valence-corrected chi connectivity index (χ0v) is 12.0. The van der Waals surface area contributed by atoms with Gasteiger partial charge in [0.15, 0.2) is 5.96 Å². The number of benzene rings is 1. The summed E-state index contributed by atoms with van der Waals surface area (Å²) in [4.78, 5) is 18.9. The molecule has 0 bridgehead atoms. The van der Waals surface area contributed by atoms with Crippen molar-refractivity contribution in [1.82, 2.24) is 0 Å². The number of phenols is 2. The van der Waals surface area contributed by atoms with E-state index in [9.17, 15) is 15.0 Å². The van der Waals surface area contributed by atoms with Crippen molar-refractivity contribution in [1.29, 1.82) is 0 Å². The second-order valence-electron chi connectivity index (χ2n) is 4.65. The largest absolute Gasteiger partial charge is 0.508 e. The van der Waals surface area contributed by atoms with Crippen LogP contribution in [0.4, 0.5) is 0 Å². The van der Waals surface area contributed by atoms with Crippen LogP contribution in [-0.4, -0.2) is 46.0 Å². The Labute approximate surface area is 127 Å². The first-order chi connectivity index (χ1) is 10.4. The number of carboxylic acid groups (broad SMARTS) is 1. The van der Waals surface area contributed by atoms with Gasteiger partial charge in [0.05, 0.1) is 0 Å². The molecule has 0 aliphatic rings. The monoisotopic (exact) mass is 308 g/mol. The lowest BCUT2D eigenvalue weighted by molar-refractivity contribution is -0.138. The summed E-state index contributed by atoms with van der Waals surface area (Å²) < 4.78 is 0. The Morgan fingerprint density at radius 3 is 2.68 bits per heavy atom. The lowest BCUT2D eigenvalue weighted by Gasteiger charge is -2.06. The Kier molecular flexibility index (Phi) is 6.68. The molecule has 1 aromatic carbocycles. The summed E-state index contributed by atoms with van der Waals surface area (Å²) in [5.74, 6) is -1.03. The average Bonchev–Trinajstić information content (AvgIpc) is 2.44. The van der Waals surface area contributed by atoms with E-state index in [1.807, 2.05) is 0 Å². The van der Waals surface area contributed by atoms with Gasteiger partial charge in [0.1, 0.15) is 17.5 Å². The van der Waals surface area contributed by atoms with Crippen LogP contribution < -0.4 is 11.5 Å². The Bertz CT molecular complexity index is 568. The molecular formula is C14H20N4O4. The zero-order chi connectivity index (χ0) is 16.5. The molecule has 7 N–H and O–H groups in total. The zero-order valence-electron chi connectivity index (χ0n) is 12.0. The molecule has 0 aliphatic carbocycles. The molecule has 0 spiro atoms. The molecule has 120 valence electrons. The Hall–Kier alpha value is -2.77. The highest BCUT2D eigenvalue weighted by atomic mass is 16.4. The Morgan fingerprint density at radius 1 is 1.32 bits per heavy atom. The summed E-state index contributed by atoms with van der Waals surface area (Å²) >= 11 is 0. The Balaban J connectivity index is 2.57. The minimum atomic E-state index is -1.04. The first-order valence-corrected chi connectivity index (χ1v) is 6.71. The predicted octanol–water partition coefficient (Wildman–Crippen LogP) is 0.218. The fraction of sp³-hybridized carbons (Fsp3) is 0.357. The average molecular weight is 308 g/mol. The number of carbonyl (C=O) groups is 1. The maximum absolute atomic E-state index is 11.1. The van der Waals surface area contributed by atoms with E-state index in [1.54, 1.807) is 0 Å². The van der Waals surface area contributed by atoms with Crippen LogP contribution in [0.15, 0.2) is 28.2 Å². The number of guanidine groups is 1. The number of aliphatic imine (C=N–C) groups is 2. The molecule has 0 aliphatic heterocycles. The van der Waals surface area contributed by atoms with Gasteiger partial charge in [-0.05, 0) is 31.0 Å². The SMILES string of the molecule is NC(N)=NCCC[C@H](N=CCc1cc(O)ccc1O)C(=O)O. The van der Waals surface area contributed by atoms with Crippen LogP contribution in [0.2, 0.25) is 0 Å². The second-order valence-corrected chi connectivity index (χ2v) is 4.65. The van der Waals surface area contributed by atoms with Gasteiger partial charge in [0, 0.05) is 24.7 Å². The van der Waals surface area contributed by atoms with Crippen molar-refractivity contribution in [3.8, 4) is 11.5 Å². The standard InChI is InChI=1S/C14H20N4O4/c15-14(16)18-6-1-2-11(13(21)22)17-7-5-9-8-10(19)3-4-12(9)20/h3-4,7-8,11,19-20H,1-2,5-6H2,(H,21,22)(H4,15,16,18)/t11-/m0/s1. The molecule has 0 fully saturated rings. The second kappa shape index (κ2) is 8.50. The number of nitrogens with zero attached hydrogens (tertiary/aromatic N) is 2. The number of aliphatic carboxylic acids is 1. The van der Waals surface area contributed by atoms with Gasteiger partial charge in [-0.2, -0.15) is 0 Å².